The van der Waals surface area contributed by atoms with Gasteiger partial charge in [0.25, 0.3) is 0 Å². The van der Waals surface area contributed by atoms with E-state index in [9.17, 15) is 0 Å². The standard InChI is InChI=1S/C8H7BrN2O/c1-5(4-10)8(11)6-2-3-7(9)12-6/h2-3H,11H2,1H3/b8-5-. The summed E-state index contributed by atoms with van der Waals surface area (Å²) in [5.41, 5.74) is 6.44. The van der Waals surface area contributed by atoms with Crippen LogP contribution in [-0.2, 0) is 0 Å². The molecule has 0 bridgehead atoms. The van der Waals surface area contributed by atoms with Gasteiger partial charge in [-0.05, 0) is 35.0 Å². The Kier molecular flexibility index (Phi) is 2.56. The predicted octanol–water partition coefficient (Wildman–Crippen LogP) is 2.26. The minimum atomic E-state index is 0.378. The SMILES string of the molecule is C/C(C#N)=C(/N)c1ccc(Br)o1. The Morgan fingerprint density at radius 3 is 2.75 bits per heavy atom. The van der Waals surface area contributed by atoms with Crippen molar-refractivity contribution in [2.24, 2.45) is 5.73 Å². The average Bonchev–Trinajstić information content (AvgIpc) is 2.49. The van der Waals surface area contributed by atoms with Gasteiger partial charge in [-0.15, -0.1) is 0 Å². The Morgan fingerprint density at radius 2 is 2.33 bits per heavy atom. The normalized spacial score (nSPS) is 12.1. The Labute approximate surface area is 78.6 Å². The van der Waals surface area contributed by atoms with Crippen LogP contribution in [0.15, 0.2) is 26.8 Å². The molecule has 1 aromatic heterocycles. The van der Waals surface area contributed by atoms with Crippen molar-refractivity contribution in [3.05, 3.63) is 28.1 Å². The minimum absolute atomic E-state index is 0.378. The van der Waals surface area contributed by atoms with E-state index in [0.29, 0.717) is 21.7 Å². The first-order valence-corrected chi connectivity index (χ1v) is 4.06. The molecule has 1 rings (SSSR count). The van der Waals surface area contributed by atoms with Gasteiger partial charge in [0.15, 0.2) is 10.4 Å². The number of hydrogen-bond acceptors (Lipinski definition) is 3. The molecule has 0 saturated carbocycles. The molecule has 3 nitrogen and oxygen atoms in total. The van der Waals surface area contributed by atoms with Crippen molar-refractivity contribution in [3.8, 4) is 6.07 Å². The zero-order valence-electron chi connectivity index (χ0n) is 6.47. The summed E-state index contributed by atoms with van der Waals surface area (Å²) >= 11 is 3.14. The lowest BCUT2D eigenvalue weighted by Crippen LogP contribution is -1.97. The first-order valence-electron chi connectivity index (χ1n) is 3.27. The molecule has 0 spiro atoms. The first kappa shape index (κ1) is 8.88. The number of hydrogen-bond donors (Lipinski definition) is 1. The van der Waals surface area contributed by atoms with Gasteiger partial charge in [0.05, 0.1) is 17.3 Å². The quantitative estimate of drug-likeness (QED) is 0.748. The molecule has 0 aliphatic rings. The van der Waals surface area contributed by atoms with Crippen LogP contribution in [-0.4, -0.2) is 0 Å². The van der Waals surface area contributed by atoms with Crippen LogP contribution in [0.4, 0.5) is 0 Å². The Morgan fingerprint density at radius 1 is 1.67 bits per heavy atom. The minimum Gasteiger partial charge on any atom is -0.448 e. The summed E-state index contributed by atoms with van der Waals surface area (Å²) in [5.74, 6) is 0.515. The zero-order valence-corrected chi connectivity index (χ0v) is 8.05. The zero-order chi connectivity index (χ0) is 9.14. The van der Waals surface area contributed by atoms with Crippen LogP contribution in [0.3, 0.4) is 0 Å². The largest absolute Gasteiger partial charge is 0.448 e. The van der Waals surface area contributed by atoms with Crippen LogP contribution in [0.5, 0.6) is 0 Å². The van der Waals surface area contributed by atoms with Gasteiger partial charge in [-0.25, -0.2) is 0 Å². The number of halogens is 1. The molecule has 0 unspecified atom stereocenters. The van der Waals surface area contributed by atoms with Crippen molar-refractivity contribution >= 4 is 21.6 Å². The molecule has 0 atom stereocenters. The molecule has 0 amide bonds. The van der Waals surface area contributed by atoms with Gasteiger partial charge in [-0.3, -0.25) is 0 Å². The molecule has 0 radical (unpaired) electrons. The highest BCUT2D eigenvalue weighted by Crippen LogP contribution is 2.19. The van der Waals surface area contributed by atoms with E-state index < -0.39 is 0 Å². The van der Waals surface area contributed by atoms with Crippen LogP contribution in [0, 0.1) is 11.3 Å². The molecule has 0 fully saturated rings. The molecule has 0 aliphatic heterocycles. The molecule has 0 saturated heterocycles. The highest BCUT2D eigenvalue weighted by Gasteiger charge is 2.05. The fourth-order valence-electron chi connectivity index (χ4n) is 0.704. The Bertz CT molecular complexity index is 359. The third-order valence-electron chi connectivity index (χ3n) is 1.41. The maximum Gasteiger partial charge on any atom is 0.169 e. The van der Waals surface area contributed by atoms with Crippen molar-refractivity contribution in [3.63, 3.8) is 0 Å². The van der Waals surface area contributed by atoms with Crippen LogP contribution in [0.25, 0.3) is 5.70 Å². The summed E-state index contributed by atoms with van der Waals surface area (Å²) in [7, 11) is 0. The molecule has 2 N–H and O–H groups in total. The number of rotatable bonds is 1. The molecule has 1 aromatic rings. The van der Waals surface area contributed by atoms with Gasteiger partial charge < -0.3 is 10.2 Å². The van der Waals surface area contributed by atoms with Crippen LogP contribution in [0.1, 0.15) is 12.7 Å². The Balaban J connectivity index is 3.09. The summed E-state index contributed by atoms with van der Waals surface area (Å²) in [6, 6.07) is 5.39. The number of nitrogens with zero attached hydrogens (tertiary/aromatic N) is 1. The van der Waals surface area contributed by atoms with Gasteiger partial charge in [-0.1, -0.05) is 0 Å². The van der Waals surface area contributed by atoms with E-state index >= 15 is 0 Å². The number of nitriles is 1. The molecule has 0 aromatic carbocycles. The average molecular weight is 227 g/mol. The van der Waals surface area contributed by atoms with Crippen LogP contribution >= 0.6 is 15.9 Å². The summed E-state index contributed by atoms with van der Waals surface area (Å²) in [4.78, 5) is 0. The topological polar surface area (TPSA) is 63.0 Å². The van der Waals surface area contributed by atoms with Crippen molar-refractivity contribution < 1.29 is 4.42 Å². The lowest BCUT2D eigenvalue weighted by atomic mass is 10.2. The lowest BCUT2D eigenvalue weighted by molar-refractivity contribution is 0.526. The second-order valence-corrected chi connectivity index (χ2v) is 3.04. The highest BCUT2D eigenvalue weighted by atomic mass is 79.9. The fourth-order valence-corrected chi connectivity index (χ4v) is 1.01. The summed E-state index contributed by atoms with van der Waals surface area (Å²) < 4.78 is 5.75. The van der Waals surface area contributed by atoms with E-state index in [1.54, 1.807) is 19.1 Å². The second kappa shape index (κ2) is 3.46. The number of furan rings is 1. The van der Waals surface area contributed by atoms with Crippen LogP contribution in [0.2, 0.25) is 0 Å². The first-order chi connectivity index (χ1) is 5.65. The molecule has 4 heteroatoms. The monoisotopic (exact) mass is 226 g/mol. The smallest absolute Gasteiger partial charge is 0.169 e. The van der Waals surface area contributed by atoms with E-state index in [4.69, 9.17) is 15.4 Å². The molecule has 62 valence electrons. The van der Waals surface area contributed by atoms with Crippen molar-refractivity contribution in [2.75, 3.05) is 0 Å². The third kappa shape index (κ3) is 1.69. The van der Waals surface area contributed by atoms with Crippen molar-refractivity contribution in [1.29, 1.82) is 5.26 Å². The molecule has 12 heavy (non-hydrogen) atoms. The van der Waals surface area contributed by atoms with E-state index in [-0.39, 0.29) is 0 Å². The van der Waals surface area contributed by atoms with Crippen molar-refractivity contribution in [2.45, 2.75) is 6.92 Å². The maximum atomic E-state index is 8.53. The number of allylic oxidation sites excluding steroid dienone is 1. The lowest BCUT2D eigenvalue weighted by Gasteiger charge is -1.95. The Hall–Kier alpha value is -1.21. The fraction of sp³-hybridized carbons (Fsp3) is 0.125. The molecular formula is C8H7BrN2O. The third-order valence-corrected chi connectivity index (χ3v) is 1.84. The number of nitrogens with two attached hydrogens (primary N) is 1. The van der Waals surface area contributed by atoms with Crippen molar-refractivity contribution in [1.82, 2.24) is 0 Å². The highest BCUT2D eigenvalue weighted by molar-refractivity contribution is 9.10. The predicted molar refractivity (Wildman–Crippen MR) is 48.8 cm³/mol. The van der Waals surface area contributed by atoms with Crippen LogP contribution < -0.4 is 5.73 Å². The molecular weight excluding hydrogens is 220 g/mol. The van der Waals surface area contributed by atoms with E-state index in [1.165, 1.54) is 0 Å². The summed E-state index contributed by atoms with van der Waals surface area (Å²) in [5, 5.41) is 8.53. The maximum absolute atomic E-state index is 8.53. The van der Waals surface area contributed by atoms with E-state index in [1.807, 2.05) is 6.07 Å². The van der Waals surface area contributed by atoms with Gasteiger partial charge in [0.1, 0.15) is 0 Å². The van der Waals surface area contributed by atoms with Gasteiger partial charge in [0, 0.05) is 0 Å². The summed E-state index contributed by atoms with van der Waals surface area (Å²) in [6.45, 7) is 1.64. The van der Waals surface area contributed by atoms with Gasteiger partial charge in [0.2, 0.25) is 0 Å². The molecule has 0 aliphatic carbocycles. The second-order valence-electron chi connectivity index (χ2n) is 2.25. The van der Waals surface area contributed by atoms with Gasteiger partial charge in [-0.2, -0.15) is 5.26 Å². The van der Waals surface area contributed by atoms with E-state index in [0.717, 1.165) is 0 Å². The summed E-state index contributed by atoms with van der Waals surface area (Å²) in [6.07, 6.45) is 0. The van der Waals surface area contributed by atoms with Gasteiger partial charge >= 0.3 is 0 Å². The van der Waals surface area contributed by atoms with E-state index in [2.05, 4.69) is 15.9 Å². The molecule has 1 heterocycles.